The highest BCUT2D eigenvalue weighted by atomic mass is 14.8. The highest BCUT2D eigenvalue weighted by Crippen LogP contribution is 2.19. The van der Waals surface area contributed by atoms with Crippen molar-refractivity contribution in [3.63, 3.8) is 0 Å². The summed E-state index contributed by atoms with van der Waals surface area (Å²) in [5.74, 6) is 0. The standard InChI is InChI=1S/C26H22N4/c1-3-13-27-14-8-21(2)4-5-23-11-17-29-25(19-23)26-20-24(12-18-30-26)7-6-22-9-15-28-16-10-22/h3-20H,1-2H2/b5-4+,7-6+,14-8-,27-13?. The van der Waals surface area contributed by atoms with Crippen LogP contribution in [0.3, 0.4) is 0 Å². The van der Waals surface area contributed by atoms with Crippen LogP contribution in [-0.2, 0) is 0 Å². The molecule has 0 fully saturated rings. The fourth-order valence-electron chi connectivity index (χ4n) is 2.56. The molecule has 0 aliphatic heterocycles. The summed E-state index contributed by atoms with van der Waals surface area (Å²) in [5, 5.41) is 0. The minimum atomic E-state index is 0.813. The maximum Gasteiger partial charge on any atom is 0.0892 e. The lowest BCUT2D eigenvalue weighted by Gasteiger charge is -2.03. The number of rotatable bonds is 8. The van der Waals surface area contributed by atoms with Crippen LogP contribution in [0.1, 0.15) is 16.7 Å². The molecule has 0 saturated heterocycles. The molecule has 3 aromatic rings. The number of allylic oxidation sites excluding steroid dienone is 4. The summed E-state index contributed by atoms with van der Waals surface area (Å²) in [6.45, 7) is 7.57. The maximum absolute atomic E-state index is 4.48. The molecule has 30 heavy (non-hydrogen) atoms. The Morgan fingerprint density at radius 2 is 1.37 bits per heavy atom. The van der Waals surface area contributed by atoms with E-state index in [-0.39, 0.29) is 0 Å². The van der Waals surface area contributed by atoms with Crippen LogP contribution >= 0.6 is 0 Å². The number of hydrogen-bond donors (Lipinski definition) is 0. The van der Waals surface area contributed by atoms with Gasteiger partial charge >= 0.3 is 0 Å². The summed E-state index contributed by atoms with van der Waals surface area (Å²) in [6, 6.07) is 11.9. The molecule has 0 atom stereocenters. The number of aromatic nitrogens is 3. The van der Waals surface area contributed by atoms with E-state index < -0.39 is 0 Å². The van der Waals surface area contributed by atoms with Gasteiger partial charge in [0.25, 0.3) is 0 Å². The lowest BCUT2D eigenvalue weighted by Crippen LogP contribution is -1.88. The normalized spacial score (nSPS) is 11.7. The average molecular weight is 390 g/mol. The molecule has 0 unspecified atom stereocenters. The predicted molar refractivity (Wildman–Crippen MR) is 127 cm³/mol. The van der Waals surface area contributed by atoms with Crippen molar-refractivity contribution in [2.75, 3.05) is 0 Å². The number of aliphatic imine (C=N–C) groups is 1. The summed E-state index contributed by atoms with van der Waals surface area (Å²) in [4.78, 5) is 17.0. The van der Waals surface area contributed by atoms with Gasteiger partial charge in [0.2, 0.25) is 0 Å². The van der Waals surface area contributed by atoms with E-state index in [1.165, 1.54) is 0 Å². The Balaban J connectivity index is 1.74. The van der Waals surface area contributed by atoms with Gasteiger partial charge in [-0.3, -0.25) is 19.9 Å². The SMILES string of the molecule is C=CC=N/C=C\C(=C)/C=C/c1ccnc(-c2cc(/C=C/c3ccncc3)ccn2)c1. The largest absolute Gasteiger partial charge is 0.265 e. The molecule has 0 saturated carbocycles. The zero-order chi connectivity index (χ0) is 21.0. The summed E-state index contributed by atoms with van der Waals surface area (Å²) >= 11 is 0. The molecule has 146 valence electrons. The monoisotopic (exact) mass is 390 g/mol. The summed E-state index contributed by atoms with van der Waals surface area (Å²) in [6.07, 6.45) is 21.9. The van der Waals surface area contributed by atoms with Crippen molar-refractivity contribution in [3.05, 3.63) is 121 Å². The van der Waals surface area contributed by atoms with Crippen LogP contribution in [-0.4, -0.2) is 21.2 Å². The zero-order valence-corrected chi connectivity index (χ0v) is 16.6. The number of hydrogen-bond acceptors (Lipinski definition) is 4. The molecule has 0 aliphatic carbocycles. The smallest absolute Gasteiger partial charge is 0.0892 e. The van der Waals surface area contributed by atoms with Crippen LogP contribution in [0, 0.1) is 0 Å². The van der Waals surface area contributed by atoms with Gasteiger partial charge in [0.1, 0.15) is 0 Å². The van der Waals surface area contributed by atoms with Crippen LogP contribution in [0.25, 0.3) is 29.6 Å². The first kappa shape index (κ1) is 20.6. The quantitative estimate of drug-likeness (QED) is 0.347. The second-order valence-corrected chi connectivity index (χ2v) is 6.32. The van der Waals surface area contributed by atoms with Crippen molar-refractivity contribution in [2.24, 2.45) is 4.99 Å². The van der Waals surface area contributed by atoms with E-state index in [9.17, 15) is 0 Å². The van der Waals surface area contributed by atoms with Gasteiger partial charge in [0, 0.05) is 37.2 Å². The highest BCUT2D eigenvalue weighted by molar-refractivity contribution is 5.72. The Morgan fingerprint density at radius 3 is 2.03 bits per heavy atom. The van der Waals surface area contributed by atoms with Crippen LogP contribution in [0.15, 0.2) is 109 Å². The fourth-order valence-corrected chi connectivity index (χ4v) is 2.56. The second-order valence-electron chi connectivity index (χ2n) is 6.32. The van der Waals surface area contributed by atoms with Crippen molar-refractivity contribution in [2.45, 2.75) is 0 Å². The Labute approximate surface area is 177 Å². The van der Waals surface area contributed by atoms with E-state index in [0.29, 0.717) is 0 Å². The maximum atomic E-state index is 4.48. The number of nitrogens with zero attached hydrogens (tertiary/aromatic N) is 4. The molecule has 0 aliphatic rings. The van der Waals surface area contributed by atoms with E-state index in [0.717, 1.165) is 33.7 Å². The molecule has 0 amide bonds. The van der Waals surface area contributed by atoms with Crippen molar-refractivity contribution < 1.29 is 0 Å². The molecule has 4 heteroatoms. The van der Waals surface area contributed by atoms with Crippen LogP contribution in [0.2, 0.25) is 0 Å². The molecule has 0 N–H and O–H groups in total. The third-order valence-electron chi connectivity index (χ3n) is 4.06. The molecular weight excluding hydrogens is 368 g/mol. The minimum absolute atomic E-state index is 0.813. The Bertz CT molecular complexity index is 1120. The Morgan fingerprint density at radius 1 is 0.767 bits per heavy atom. The van der Waals surface area contributed by atoms with E-state index in [4.69, 9.17) is 0 Å². The lowest BCUT2D eigenvalue weighted by molar-refractivity contribution is 1.24. The minimum Gasteiger partial charge on any atom is -0.265 e. The van der Waals surface area contributed by atoms with Crippen molar-refractivity contribution in [1.29, 1.82) is 0 Å². The highest BCUT2D eigenvalue weighted by Gasteiger charge is 2.02. The Kier molecular flexibility index (Phi) is 7.52. The first-order valence-electron chi connectivity index (χ1n) is 9.43. The van der Waals surface area contributed by atoms with Crippen LogP contribution in [0.5, 0.6) is 0 Å². The first-order valence-corrected chi connectivity index (χ1v) is 9.43. The topological polar surface area (TPSA) is 51.0 Å². The van der Waals surface area contributed by atoms with Gasteiger partial charge < -0.3 is 0 Å². The molecular formula is C26H22N4. The summed E-state index contributed by atoms with van der Waals surface area (Å²) in [5.41, 5.74) is 5.64. The number of pyridine rings is 3. The molecule has 3 rings (SSSR count). The van der Waals surface area contributed by atoms with Crippen molar-refractivity contribution >= 4 is 24.4 Å². The van der Waals surface area contributed by atoms with Gasteiger partial charge in [0.05, 0.1) is 11.4 Å². The third kappa shape index (κ3) is 6.46. The van der Waals surface area contributed by atoms with E-state index in [1.807, 2.05) is 60.7 Å². The fraction of sp³-hybridized carbons (Fsp3) is 0. The zero-order valence-electron chi connectivity index (χ0n) is 16.6. The third-order valence-corrected chi connectivity index (χ3v) is 4.06. The molecule has 0 bridgehead atoms. The van der Waals surface area contributed by atoms with Crippen LogP contribution in [0.4, 0.5) is 0 Å². The van der Waals surface area contributed by atoms with E-state index in [2.05, 4.69) is 39.2 Å². The van der Waals surface area contributed by atoms with Gasteiger partial charge in [-0.15, -0.1) is 0 Å². The average Bonchev–Trinajstić information content (AvgIpc) is 2.80. The molecule has 4 nitrogen and oxygen atoms in total. The van der Waals surface area contributed by atoms with Gasteiger partial charge in [-0.25, -0.2) is 0 Å². The van der Waals surface area contributed by atoms with Crippen molar-refractivity contribution in [1.82, 2.24) is 15.0 Å². The molecule has 0 radical (unpaired) electrons. The van der Waals surface area contributed by atoms with Gasteiger partial charge in [-0.1, -0.05) is 43.5 Å². The van der Waals surface area contributed by atoms with E-state index >= 15 is 0 Å². The molecule has 0 spiro atoms. The first-order chi connectivity index (χ1) is 14.7. The van der Waals surface area contributed by atoms with Gasteiger partial charge in [0.15, 0.2) is 0 Å². The predicted octanol–water partition coefficient (Wildman–Crippen LogP) is 6.05. The molecule has 3 aromatic heterocycles. The second kappa shape index (κ2) is 11.0. The summed E-state index contributed by atoms with van der Waals surface area (Å²) in [7, 11) is 0. The summed E-state index contributed by atoms with van der Waals surface area (Å²) < 4.78 is 0. The lowest BCUT2D eigenvalue weighted by atomic mass is 10.1. The molecule has 3 heterocycles. The Hall–Kier alpha value is -4.18. The van der Waals surface area contributed by atoms with Gasteiger partial charge in [-0.2, -0.15) is 0 Å². The van der Waals surface area contributed by atoms with E-state index in [1.54, 1.807) is 43.3 Å². The van der Waals surface area contributed by atoms with Crippen LogP contribution < -0.4 is 0 Å². The van der Waals surface area contributed by atoms with Gasteiger partial charge in [-0.05, 0) is 64.7 Å². The van der Waals surface area contributed by atoms with Crippen molar-refractivity contribution in [3.8, 4) is 11.4 Å². The molecule has 0 aromatic carbocycles.